The topological polar surface area (TPSA) is 99.6 Å². The Morgan fingerprint density at radius 1 is 1.38 bits per heavy atom. The van der Waals surface area contributed by atoms with Gasteiger partial charge in [-0.2, -0.15) is 0 Å². The Morgan fingerprint density at radius 2 is 2.10 bits per heavy atom. The summed E-state index contributed by atoms with van der Waals surface area (Å²) in [6.45, 7) is 1.02. The summed E-state index contributed by atoms with van der Waals surface area (Å²) >= 11 is 0. The summed E-state index contributed by atoms with van der Waals surface area (Å²) in [5.74, 6) is -2.23. The maximum absolute atomic E-state index is 12.6. The van der Waals surface area contributed by atoms with E-state index >= 15 is 0 Å². The van der Waals surface area contributed by atoms with Gasteiger partial charge in [-0.3, -0.25) is 24.3 Å². The molecule has 1 aromatic heterocycles. The molecule has 0 aliphatic carbocycles. The highest BCUT2D eigenvalue weighted by Gasteiger charge is 2.45. The lowest BCUT2D eigenvalue weighted by molar-refractivity contribution is -0.141. The van der Waals surface area contributed by atoms with E-state index in [9.17, 15) is 14.4 Å². The molecular formula is C14H13N3O4. The van der Waals surface area contributed by atoms with Crippen LogP contribution in [0, 0.1) is 5.92 Å². The highest BCUT2D eigenvalue weighted by molar-refractivity contribution is 6.14. The Kier molecular flexibility index (Phi) is 3.17. The van der Waals surface area contributed by atoms with Crippen LogP contribution < -0.4 is 5.32 Å². The molecule has 1 atom stereocenters. The standard InChI is InChI=1S/C14H13N3O4/c18-10(19)7-9-11(12(20)8-1-3-15-4-2-8)13-16-5-6-17(13)14(9)21/h1-4,9,16H,5-7H2,(H,18,19). The maximum Gasteiger partial charge on any atom is 0.304 e. The van der Waals surface area contributed by atoms with Crippen molar-refractivity contribution in [2.24, 2.45) is 5.92 Å². The van der Waals surface area contributed by atoms with Crippen LogP contribution in [0.15, 0.2) is 35.9 Å². The molecule has 108 valence electrons. The second kappa shape index (κ2) is 5.01. The fraction of sp³-hybridized carbons (Fsp3) is 0.286. The number of carboxylic acid groups (broad SMARTS) is 1. The molecule has 0 radical (unpaired) electrons. The van der Waals surface area contributed by atoms with E-state index in [0.29, 0.717) is 24.5 Å². The predicted octanol–water partition coefficient (Wildman–Crippen LogP) is 0.0122. The Morgan fingerprint density at radius 3 is 2.76 bits per heavy atom. The zero-order valence-electron chi connectivity index (χ0n) is 11.1. The highest BCUT2D eigenvalue weighted by Crippen LogP contribution is 2.34. The third-order valence-electron chi connectivity index (χ3n) is 3.63. The van der Waals surface area contributed by atoms with E-state index in [-0.39, 0.29) is 23.7 Å². The summed E-state index contributed by atoms with van der Waals surface area (Å²) in [6.07, 6.45) is 2.59. The van der Waals surface area contributed by atoms with Gasteiger partial charge in [-0.1, -0.05) is 0 Å². The molecule has 1 unspecified atom stereocenters. The van der Waals surface area contributed by atoms with Crippen molar-refractivity contribution in [3.63, 3.8) is 0 Å². The number of aromatic nitrogens is 1. The van der Waals surface area contributed by atoms with E-state index < -0.39 is 11.9 Å². The molecule has 1 amide bonds. The van der Waals surface area contributed by atoms with Gasteiger partial charge >= 0.3 is 5.97 Å². The lowest BCUT2D eigenvalue weighted by Gasteiger charge is -2.11. The first-order chi connectivity index (χ1) is 10.1. The van der Waals surface area contributed by atoms with E-state index in [0.717, 1.165) is 0 Å². The van der Waals surface area contributed by atoms with Crippen LogP contribution in [0.5, 0.6) is 0 Å². The van der Waals surface area contributed by atoms with E-state index in [1.165, 1.54) is 17.3 Å². The van der Waals surface area contributed by atoms with Crippen molar-refractivity contribution in [2.75, 3.05) is 13.1 Å². The summed E-state index contributed by atoms with van der Waals surface area (Å²) in [4.78, 5) is 41.2. The number of ketones is 1. The Bertz CT molecular complexity index is 653. The Labute approximate surface area is 120 Å². The number of carbonyl (C=O) groups excluding carboxylic acids is 2. The monoisotopic (exact) mass is 287 g/mol. The molecule has 1 aromatic rings. The van der Waals surface area contributed by atoms with Crippen molar-refractivity contribution >= 4 is 17.7 Å². The predicted molar refractivity (Wildman–Crippen MR) is 71.1 cm³/mol. The van der Waals surface area contributed by atoms with Crippen molar-refractivity contribution in [1.82, 2.24) is 15.2 Å². The first kappa shape index (κ1) is 13.3. The number of fused-ring (bicyclic) bond motifs is 1. The van der Waals surface area contributed by atoms with Crippen LogP contribution in [0.1, 0.15) is 16.8 Å². The fourth-order valence-corrected chi connectivity index (χ4v) is 2.72. The van der Waals surface area contributed by atoms with Gasteiger partial charge < -0.3 is 10.4 Å². The number of aliphatic carboxylic acids is 1. The molecule has 2 aliphatic heterocycles. The van der Waals surface area contributed by atoms with Gasteiger partial charge in [0.05, 0.1) is 17.9 Å². The summed E-state index contributed by atoms with van der Waals surface area (Å²) in [5.41, 5.74) is 0.636. The van der Waals surface area contributed by atoms with Gasteiger partial charge in [-0.05, 0) is 12.1 Å². The quantitative estimate of drug-likeness (QED) is 0.757. The van der Waals surface area contributed by atoms with Crippen LogP contribution in [0.3, 0.4) is 0 Å². The molecule has 2 aliphatic rings. The van der Waals surface area contributed by atoms with Gasteiger partial charge in [-0.15, -0.1) is 0 Å². The minimum Gasteiger partial charge on any atom is -0.481 e. The van der Waals surface area contributed by atoms with Crippen molar-refractivity contribution in [3.8, 4) is 0 Å². The molecule has 2 N–H and O–H groups in total. The molecule has 21 heavy (non-hydrogen) atoms. The second-order valence-electron chi connectivity index (χ2n) is 4.89. The lowest BCUT2D eigenvalue weighted by atomic mass is 9.91. The zero-order chi connectivity index (χ0) is 15.0. The largest absolute Gasteiger partial charge is 0.481 e. The third kappa shape index (κ3) is 2.16. The van der Waals surface area contributed by atoms with Gasteiger partial charge in [0, 0.05) is 31.0 Å². The summed E-state index contributed by atoms with van der Waals surface area (Å²) < 4.78 is 0. The number of Topliss-reactive ketones (excluding diaryl/α,β-unsaturated/α-hetero) is 1. The molecule has 0 aromatic carbocycles. The van der Waals surface area contributed by atoms with Crippen molar-refractivity contribution in [2.45, 2.75) is 6.42 Å². The van der Waals surface area contributed by atoms with E-state index in [2.05, 4.69) is 10.3 Å². The minimum atomic E-state index is -1.10. The SMILES string of the molecule is O=C(O)CC1C(=O)N2CCNC2=C1C(=O)c1ccncc1. The van der Waals surface area contributed by atoms with Gasteiger partial charge in [-0.25, -0.2) is 0 Å². The van der Waals surface area contributed by atoms with Crippen LogP contribution in [-0.2, 0) is 9.59 Å². The number of nitrogens with one attached hydrogen (secondary N) is 1. The first-order valence-electron chi connectivity index (χ1n) is 6.55. The van der Waals surface area contributed by atoms with Crippen LogP contribution >= 0.6 is 0 Å². The summed E-state index contributed by atoms with van der Waals surface area (Å²) in [7, 11) is 0. The minimum absolute atomic E-state index is 0.242. The van der Waals surface area contributed by atoms with E-state index in [1.54, 1.807) is 12.1 Å². The smallest absolute Gasteiger partial charge is 0.304 e. The molecule has 0 saturated carbocycles. The van der Waals surface area contributed by atoms with Crippen LogP contribution in [0.2, 0.25) is 0 Å². The number of carbonyl (C=O) groups is 3. The second-order valence-corrected chi connectivity index (χ2v) is 4.89. The van der Waals surface area contributed by atoms with Crippen molar-refractivity contribution < 1.29 is 19.5 Å². The summed E-state index contributed by atoms with van der Waals surface area (Å²) in [6, 6.07) is 3.10. The maximum atomic E-state index is 12.6. The Balaban J connectivity index is 2.03. The molecule has 1 fully saturated rings. The van der Waals surface area contributed by atoms with Gasteiger partial charge in [0.25, 0.3) is 0 Å². The molecule has 3 rings (SSSR count). The van der Waals surface area contributed by atoms with Crippen LogP contribution in [0.4, 0.5) is 0 Å². The zero-order valence-corrected chi connectivity index (χ0v) is 11.1. The van der Waals surface area contributed by atoms with Crippen LogP contribution in [-0.4, -0.2) is 45.7 Å². The van der Waals surface area contributed by atoms with E-state index in [1.807, 2.05) is 0 Å². The molecule has 1 saturated heterocycles. The number of hydrogen-bond acceptors (Lipinski definition) is 5. The normalized spacial score (nSPS) is 20.5. The number of pyridine rings is 1. The average Bonchev–Trinajstić information content (AvgIpc) is 3.03. The van der Waals surface area contributed by atoms with Gasteiger partial charge in [0.15, 0.2) is 5.78 Å². The molecule has 0 bridgehead atoms. The fourth-order valence-electron chi connectivity index (χ4n) is 2.72. The average molecular weight is 287 g/mol. The lowest BCUT2D eigenvalue weighted by Crippen LogP contribution is -2.29. The first-order valence-corrected chi connectivity index (χ1v) is 6.55. The Hall–Kier alpha value is -2.70. The molecule has 0 spiro atoms. The van der Waals surface area contributed by atoms with Gasteiger partial charge in [0.2, 0.25) is 5.91 Å². The molecule has 7 heteroatoms. The van der Waals surface area contributed by atoms with Crippen molar-refractivity contribution in [3.05, 3.63) is 41.5 Å². The number of carboxylic acids is 1. The molecule has 7 nitrogen and oxygen atoms in total. The number of amides is 1. The van der Waals surface area contributed by atoms with E-state index in [4.69, 9.17) is 5.11 Å². The van der Waals surface area contributed by atoms with Gasteiger partial charge in [0.1, 0.15) is 5.82 Å². The molecular weight excluding hydrogens is 274 g/mol. The van der Waals surface area contributed by atoms with Crippen LogP contribution in [0.25, 0.3) is 0 Å². The number of rotatable bonds is 4. The highest BCUT2D eigenvalue weighted by atomic mass is 16.4. The number of hydrogen-bond donors (Lipinski definition) is 2. The number of nitrogens with zero attached hydrogens (tertiary/aromatic N) is 2. The third-order valence-corrected chi connectivity index (χ3v) is 3.63. The summed E-state index contributed by atoms with van der Waals surface area (Å²) in [5, 5.41) is 12.0. The van der Waals surface area contributed by atoms with Crippen molar-refractivity contribution in [1.29, 1.82) is 0 Å². The molecule has 3 heterocycles.